The van der Waals surface area contributed by atoms with Crippen LogP contribution < -0.4 is 15.4 Å². The molecule has 2 N–H and O–H groups in total. The zero-order valence-corrected chi connectivity index (χ0v) is 13.9. The van der Waals surface area contributed by atoms with Gasteiger partial charge >= 0.3 is 0 Å². The number of ether oxygens (including phenoxy) is 1. The summed E-state index contributed by atoms with van der Waals surface area (Å²) in [4.78, 5) is 13.0. The maximum Gasteiger partial charge on any atom is 0.233 e. The van der Waals surface area contributed by atoms with Gasteiger partial charge in [0.1, 0.15) is 5.75 Å². The number of methoxy groups -OCH3 is 1. The number of benzene rings is 1. The molecule has 0 heterocycles. The van der Waals surface area contributed by atoms with E-state index in [1.54, 1.807) is 18.9 Å². The Bertz CT molecular complexity index is 401. The summed E-state index contributed by atoms with van der Waals surface area (Å²) < 4.78 is 5.10. The molecule has 0 spiro atoms. The van der Waals surface area contributed by atoms with E-state index in [9.17, 15) is 4.79 Å². The maximum absolute atomic E-state index is 11.9. The summed E-state index contributed by atoms with van der Waals surface area (Å²) in [6.07, 6.45) is 0. The first kappa shape index (κ1) is 19.1. The molecule has 1 aromatic carbocycles. The van der Waals surface area contributed by atoms with Gasteiger partial charge in [0.15, 0.2) is 0 Å². The molecular formula is C14H23ClN2O2S. The fraction of sp³-hybridized carbons (Fsp3) is 0.500. The van der Waals surface area contributed by atoms with Gasteiger partial charge in [-0.15, -0.1) is 24.2 Å². The van der Waals surface area contributed by atoms with Gasteiger partial charge in [0, 0.05) is 17.5 Å². The summed E-state index contributed by atoms with van der Waals surface area (Å²) >= 11 is 1.54. The molecule has 2 unspecified atom stereocenters. The van der Waals surface area contributed by atoms with Crippen LogP contribution >= 0.6 is 24.2 Å². The molecule has 0 aliphatic heterocycles. The number of rotatable bonds is 7. The minimum Gasteiger partial charge on any atom is -0.497 e. The highest BCUT2D eigenvalue weighted by molar-refractivity contribution is 8.00. The van der Waals surface area contributed by atoms with Gasteiger partial charge < -0.3 is 15.4 Å². The zero-order valence-electron chi connectivity index (χ0n) is 12.3. The van der Waals surface area contributed by atoms with E-state index in [2.05, 4.69) is 10.6 Å². The number of halogens is 1. The van der Waals surface area contributed by atoms with Gasteiger partial charge in [-0.1, -0.05) is 0 Å². The van der Waals surface area contributed by atoms with E-state index < -0.39 is 0 Å². The van der Waals surface area contributed by atoms with E-state index in [1.807, 2.05) is 45.2 Å². The second kappa shape index (κ2) is 9.91. The topological polar surface area (TPSA) is 50.4 Å². The maximum atomic E-state index is 11.9. The van der Waals surface area contributed by atoms with E-state index >= 15 is 0 Å². The lowest BCUT2D eigenvalue weighted by Gasteiger charge is -2.15. The van der Waals surface area contributed by atoms with Crippen LogP contribution in [-0.2, 0) is 4.79 Å². The molecule has 0 aliphatic carbocycles. The van der Waals surface area contributed by atoms with Crippen molar-refractivity contribution in [3.63, 3.8) is 0 Å². The Morgan fingerprint density at radius 2 is 1.90 bits per heavy atom. The molecule has 0 aliphatic rings. The summed E-state index contributed by atoms with van der Waals surface area (Å²) in [5.74, 6) is 0.882. The molecule has 4 nitrogen and oxygen atoms in total. The fourth-order valence-electron chi connectivity index (χ4n) is 1.41. The smallest absolute Gasteiger partial charge is 0.233 e. The lowest BCUT2D eigenvalue weighted by molar-refractivity contribution is -0.120. The van der Waals surface area contributed by atoms with Crippen molar-refractivity contribution in [1.82, 2.24) is 10.6 Å². The van der Waals surface area contributed by atoms with Crippen LogP contribution in [0.25, 0.3) is 0 Å². The number of thioether (sulfide) groups is 1. The second-order valence-corrected chi connectivity index (χ2v) is 5.78. The molecule has 20 heavy (non-hydrogen) atoms. The quantitative estimate of drug-likeness (QED) is 0.758. The van der Waals surface area contributed by atoms with Gasteiger partial charge in [-0.3, -0.25) is 4.79 Å². The highest BCUT2D eigenvalue weighted by Gasteiger charge is 2.14. The van der Waals surface area contributed by atoms with Gasteiger partial charge in [0.25, 0.3) is 0 Å². The average molecular weight is 319 g/mol. The van der Waals surface area contributed by atoms with Gasteiger partial charge in [-0.25, -0.2) is 0 Å². The Kier molecular flexibility index (Phi) is 9.46. The molecule has 0 saturated carbocycles. The molecule has 1 rings (SSSR count). The molecule has 1 aromatic rings. The van der Waals surface area contributed by atoms with Gasteiger partial charge in [-0.05, 0) is 45.2 Å². The van der Waals surface area contributed by atoms with Crippen molar-refractivity contribution in [3.8, 4) is 5.75 Å². The minimum absolute atomic E-state index is 0. The van der Waals surface area contributed by atoms with E-state index in [-0.39, 0.29) is 29.6 Å². The number of amides is 1. The molecular weight excluding hydrogens is 296 g/mol. The van der Waals surface area contributed by atoms with Crippen LogP contribution in [0.2, 0.25) is 0 Å². The third-order valence-corrected chi connectivity index (χ3v) is 3.93. The molecule has 0 bridgehead atoms. The van der Waals surface area contributed by atoms with Crippen molar-refractivity contribution < 1.29 is 9.53 Å². The first-order valence-electron chi connectivity index (χ1n) is 6.32. The van der Waals surface area contributed by atoms with E-state index in [0.717, 1.165) is 10.6 Å². The number of carbonyl (C=O) groups excluding carboxylic acids is 1. The van der Waals surface area contributed by atoms with Crippen molar-refractivity contribution in [3.05, 3.63) is 24.3 Å². The average Bonchev–Trinajstić information content (AvgIpc) is 2.44. The third kappa shape index (κ3) is 6.50. The summed E-state index contributed by atoms with van der Waals surface area (Å²) in [7, 11) is 3.52. The van der Waals surface area contributed by atoms with Crippen LogP contribution in [0, 0.1) is 0 Å². The molecule has 0 saturated heterocycles. The van der Waals surface area contributed by atoms with Crippen LogP contribution in [0.5, 0.6) is 5.75 Å². The Morgan fingerprint density at radius 3 is 2.40 bits per heavy atom. The van der Waals surface area contributed by atoms with Gasteiger partial charge in [0.2, 0.25) is 5.91 Å². The molecule has 114 valence electrons. The second-order valence-electron chi connectivity index (χ2n) is 4.37. The molecule has 0 aromatic heterocycles. The molecule has 1 amide bonds. The van der Waals surface area contributed by atoms with Crippen molar-refractivity contribution in [2.75, 3.05) is 20.7 Å². The Hall–Kier alpha value is -0.910. The summed E-state index contributed by atoms with van der Waals surface area (Å²) in [6.45, 7) is 4.58. The zero-order chi connectivity index (χ0) is 14.3. The highest BCUT2D eigenvalue weighted by Crippen LogP contribution is 2.25. The third-order valence-electron chi connectivity index (χ3n) is 2.82. The summed E-state index contributed by atoms with van der Waals surface area (Å²) in [5, 5.41) is 5.90. The Balaban J connectivity index is 0.00000361. The number of hydrogen-bond acceptors (Lipinski definition) is 4. The van der Waals surface area contributed by atoms with Crippen LogP contribution in [-0.4, -0.2) is 37.9 Å². The predicted octanol–water partition coefficient (Wildman–Crippen LogP) is 2.32. The number of likely N-dealkylation sites (N-methyl/N-ethyl adjacent to an activating group) is 1. The number of hydrogen-bond donors (Lipinski definition) is 2. The lowest BCUT2D eigenvalue weighted by Crippen LogP contribution is -2.40. The van der Waals surface area contributed by atoms with Crippen molar-refractivity contribution >= 4 is 30.1 Å². The van der Waals surface area contributed by atoms with E-state index in [4.69, 9.17) is 4.74 Å². The van der Waals surface area contributed by atoms with Gasteiger partial charge in [0.05, 0.1) is 12.4 Å². The van der Waals surface area contributed by atoms with Crippen LogP contribution in [0.4, 0.5) is 0 Å². The lowest BCUT2D eigenvalue weighted by atomic mass is 10.3. The van der Waals surface area contributed by atoms with Gasteiger partial charge in [-0.2, -0.15) is 0 Å². The first-order chi connectivity index (χ1) is 9.06. The molecule has 0 fully saturated rings. The van der Waals surface area contributed by atoms with E-state index in [0.29, 0.717) is 6.54 Å². The van der Waals surface area contributed by atoms with Crippen molar-refractivity contribution in [2.45, 2.75) is 30.0 Å². The van der Waals surface area contributed by atoms with Crippen LogP contribution in [0.1, 0.15) is 13.8 Å². The summed E-state index contributed by atoms with van der Waals surface area (Å²) in [5.41, 5.74) is 0. The van der Waals surface area contributed by atoms with Crippen molar-refractivity contribution in [1.29, 1.82) is 0 Å². The van der Waals surface area contributed by atoms with Crippen LogP contribution in [0.15, 0.2) is 29.2 Å². The minimum atomic E-state index is -0.113. The summed E-state index contributed by atoms with van der Waals surface area (Å²) in [6, 6.07) is 8.00. The standard InChI is InChI=1S/C14H22N2O2S.ClH/c1-10(15-3)9-16-14(17)11(2)19-13-7-5-12(18-4)6-8-13;/h5-8,10-11,15H,9H2,1-4H3,(H,16,17);1H. The highest BCUT2D eigenvalue weighted by atomic mass is 35.5. The van der Waals surface area contributed by atoms with Crippen molar-refractivity contribution in [2.24, 2.45) is 0 Å². The SMILES string of the molecule is CNC(C)CNC(=O)C(C)Sc1ccc(OC)cc1.Cl. The Morgan fingerprint density at radius 1 is 1.30 bits per heavy atom. The predicted molar refractivity (Wildman–Crippen MR) is 87.1 cm³/mol. The fourth-order valence-corrected chi connectivity index (χ4v) is 2.30. The molecule has 2 atom stereocenters. The molecule has 6 heteroatoms. The van der Waals surface area contributed by atoms with Crippen LogP contribution in [0.3, 0.4) is 0 Å². The Labute approximate surface area is 131 Å². The normalized spacial score (nSPS) is 13.0. The largest absolute Gasteiger partial charge is 0.497 e. The first-order valence-corrected chi connectivity index (χ1v) is 7.20. The molecule has 0 radical (unpaired) electrons. The monoisotopic (exact) mass is 318 g/mol. The van der Waals surface area contributed by atoms with E-state index in [1.165, 1.54) is 0 Å². The number of carbonyl (C=O) groups is 1. The number of nitrogens with one attached hydrogen (secondary N) is 2.